The van der Waals surface area contributed by atoms with Crippen molar-refractivity contribution >= 4 is 44.0 Å². The van der Waals surface area contributed by atoms with Crippen molar-refractivity contribution in [3.05, 3.63) is 192 Å². The summed E-state index contributed by atoms with van der Waals surface area (Å²) in [5.74, 6) is 0. The van der Waals surface area contributed by atoms with Gasteiger partial charge in [0.15, 0.2) is 0 Å². The number of hydrogen-bond donors (Lipinski definition) is 0. The van der Waals surface area contributed by atoms with E-state index >= 15 is 0 Å². The molecule has 2 aromatic heterocycles. The molecule has 10 rings (SSSR count). The van der Waals surface area contributed by atoms with E-state index in [0.717, 1.165) is 25.7 Å². The van der Waals surface area contributed by atoms with Crippen LogP contribution in [0.2, 0.25) is 0 Å². The van der Waals surface area contributed by atoms with Crippen molar-refractivity contribution in [3.8, 4) is 11.4 Å². The topological polar surface area (TPSA) is 9.86 Å². The van der Waals surface area contributed by atoms with Crippen LogP contribution in [-0.2, 0) is 12.8 Å². The summed E-state index contributed by atoms with van der Waals surface area (Å²) in [5, 5.41) is 2.56. The fourth-order valence-corrected chi connectivity index (χ4v) is 12.6. The van der Waals surface area contributed by atoms with Gasteiger partial charge in [0.1, 0.15) is 0 Å². The molecule has 8 aromatic rings. The van der Waals surface area contributed by atoms with E-state index in [0.29, 0.717) is 0 Å². The van der Waals surface area contributed by atoms with E-state index in [2.05, 4.69) is 192 Å². The Labute approximate surface area is 307 Å². The second-order valence-corrected chi connectivity index (χ2v) is 17.2. The molecule has 0 radical (unpaired) electrons. The average molecular weight is 689 g/mol. The van der Waals surface area contributed by atoms with Crippen LogP contribution < -0.4 is 0 Å². The quantitative estimate of drug-likeness (QED) is 0.165. The number of aromatic nitrogens is 2. The number of nitrogens with zero attached hydrogens (tertiary/aromatic N) is 2. The Balaban J connectivity index is 1.18. The molecule has 2 aliphatic carbocycles. The summed E-state index contributed by atoms with van der Waals surface area (Å²) in [5.41, 5.74) is 11.9. The number of rotatable bonds is 6. The highest BCUT2D eigenvalue weighted by Crippen LogP contribution is 2.73. The molecule has 0 fully saturated rings. The molecule has 252 valence electrons. The number of aryl methyl sites for hydroxylation is 1. The van der Waals surface area contributed by atoms with Gasteiger partial charge < -0.3 is 9.13 Å². The zero-order valence-corrected chi connectivity index (χ0v) is 30.2. The minimum atomic E-state index is -1.87. The Hall–Kier alpha value is -5.77. The summed E-state index contributed by atoms with van der Waals surface area (Å²) in [4.78, 5) is 5.32. The highest BCUT2D eigenvalue weighted by Gasteiger charge is 2.34. The van der Waals surface area contributed by atoms with Gasteiger partial charge in [-0.2, -0.15) is 0 Å². The number of fused-ring (bicyclic) bond motifs is 6. The SMILES string of the molecule is Cc1ccc(S(c2ccccc2)(c2ccc(-n3c4c(c5c3C=CCC5)CCC=C4)cc2)c2ccc(-n3c4ccccc4c4ccccc43)cc2)cc1. The molecule has 0 bridgehead atoms. The molecule has 0 saturated heterocycles. The molecule has 2 aliphatic rings. The highest BCUT2D eigenvalue weighted by molar-refractivity contribution is 8.34. The first kappa shape index (κ1) is 31.0. The van der Waals surface area contributed by atoms with Gasteiger partial charge in [-0.15, -0.1) is 10.0 Å². The summed E-state index contributed by atoms with van der Waals surface area (Å²) < 4.78 is 4.92. The maximum Gasteiger partial charge on any atom is 0.0541 e. The summed E-state index contributed by atoms with van der Waals surface area (Å²) in [6.07, 6.45) is 13.9. The predicted molar refractivity (Wildman–Crippen MR) is 220 cm³/mol. The summed E-state index contributed by atoms with van der Waals surface area (Å²) >= 11 is 0. The first-order valence-corrected chi connectivity index (χ1v) is 20.1. The number of hydrogen-bond acceptors (Lipinski definition) is 0. The highest BCUT2D eigenvalue weighted by atomic mass is 32.3. The largest absolute Gasteiger partial charge is 0.310 e. The third-order valence-electron chi connectivity index (χ3n) is 11.1. The minimum absolute atomic E-state index is 1.13. The Kier molecular flexibility index (Phi) is 7.44. The van der Waals surface area contributed by atoms with Crippen LogP contribution in [0.3, 0.4) is 0 Å². The van der Waals surface area contributed by atoms with Crippen molar-refractivity contribution < 1.29 is 0 Å². The Morgan fingerprint density at radius 1 is 0.423 bits per heavy atom. The lowest BCUT2D eigenvalue weighted by Crippen LogP contribution is -2.07. The molecule has 0 amide bonds. The fourth-order valence-electron chi connectivity index (χ4n) is 8.72. The predicted octanol–water partition coefficient (Wildman–Crippen LogP) is 13.1. The lowest BCUT2D eigenvalue weighted by Gasteiger charge is -2.42. The van der Waals surface area contributed by atoms with E-state index in [4.69, 9.17) is 0 Å². The molecule has 2 nitrogen and oxygen atoms in total. The lowest BCUT2D eigenvalue weighted by molar-refractivity contribution is 0.922. The average Bonchev–Trinajstić information content (AvgIpc) is 3.73. The summed E-state index contributed by atoms with van der Waals surface area (Å²) in [7, 11) is -1.87. The second kappa shape index (κ2) is 12.5. The van der Waals surface area contributed by atoms with Crippen LogP contribution >= 0.6 is 10.0 Å². The number of benzene rings is 6. The zero-order chi connectivity index (χ0) is 34.6. The monoisotopic (exact) mass is 688 g/mol. The molecular formula is C49H40N2S. The fraction of sp³-hybridized carbons (Fsp3) is 0.102. The Morgan fingerprint density at radius 3 is 1.37 bits per heavy atom. The molecule has 52 heavy (non-hydrogen) atoms. The Morgan fingerprint density at radius 2 is 0.846 bits per heavy atom. The number of allylic oxidation sites excluding steroid dienone is 2. The van der Waals surface area contributed by atoms with Crippen molar-refractivity contribution in [2.75, 3.05) is 0 Å². The van der Waals surface area contributed by atoms with Crippen LogP contribution in [-0.4, -0.2) is 9.13 Å². The first-order valence-electron chi connectivity index (χ1n) is 18.5. The van der Waals surface area contributed by atoms with E-state index in [-0.39, 0.29) is 0 Å². The minimum Gasteiger partial charge on any atom is -0.310 e. The molecular weight excluding hydrogens is 649 g/mol. The third kappa shape index (κ3) is 4.73. The van der Waals surface area contributed by atoms with Crippen molar-refractivity contribution in [1.82, 2.24) is 9.13 Å². The molecule has 0 spiro atoms. The van der Waals surface area contributed by atoms with Crippen LogP contribution in [0.5, 0.6) is 0 Å². The lowest BCUT2D eigenvalue weighted by atomic mass is 9.94. The van der Waals surface area contributed by atoms with E-state index in [1.54, 1.807) is 0 Å². The van der Waals surface area contributed by atoms with Crippen molar-refractivity contribution in [2.45, 2.75) is 52.2 Å². The summed E-state index contributed by atoms with van der Waals surface area (Å²) in [6, 6.07) is 57.0. The smallest absolute Gasteiger partial charge is 0.0541 e. The van der Waals surface area contributed by atoms with Gasteiger partial charge in [0, 0.05) is 53.1 Å². The molecule has 1 unspecified atom stereocenters. The molecule has 0 N–H and O–H groups in total. The van der Waals surface area contributed by atoms with E-state index in [9.17, 15) is 0 Å². The Bertz CT molecular complexity index is 2560. The maximum absolute atomic E-state index is 2.51. The van der Waals surface area contributed by atoms with Gasteiger partial charge in [-0.1, -0.05) is 84.4 Å². The van der Waals surface area contributed by atoms with Crippen molar-refractivity contribution in [2.24, 2.45) is 0 Å². The van der Waals surface area contributed by atoms with Gasteiger partial charge in [-0.3, -0.25) is 0 Å². The molecule has 0 aliphatic heterocycles. The molecule has 6 aromatic carbocycles. The van der Waals surface area contributed by atoms with Gasteiger partial charge in [0.25, 0.3) is 0 Å². The van der Waals surface area contributed by atoms with Gasteiger partial charge >= 0.3 is 0 Å². The van der Waals surface area contributed by atoms with Gasteiger partial charge in [0.05, 0.1) is 11.0 Å². The van der Waals surface area contributed by atoms with Gasteiger partial charge in [0.2, 0.25) is 0 Å². The second-order valence-electron chi connectivity index (χ2n) is 14.0. The zero-order valence-electron chi connectivity index (χ0n) is 29.4. The maximum atomic E-state index is 2.51. The van der Waals surface area contributed by atoms with E-state index in [1.165, 1.54) is 80.8 Å². The third-order valence-corrected chi connectivity index (χ3v) is 15.0. The van der Waals surface area contributed by atoms with Crippen LogP contribution in [0.4, 0.5) is 0 Å². The van der Waals surface area contributed by atoms with Crippen LogP contribution in [0, 0.1) is 6.92 Å². The normalized spacial score (nSPS) is 15.3. The van der Waals surface area contributed by atoms with Crippen LogP contribution in [0.15, 0.2) is 183 Å². The molecule has 0 saturated carbocycles. The van der Waals surface area contributed by atoms with Gasteiger partial charge in [-0.25, -0.2) is 0 Å². The van der Waals surface area contributed by atoms with Crippen molar-refractivity contribution in [1.29, 1.82) is 0 Å². The van der Waals surface area contributed by atoms with E-state index < -0.39 is 10.0 Å². The molecule has 2 heterocycles. The molecule has 3 heteroatoms. The van der Waals surface area contributed by atoms with Crippen molar-refractivity contribution in [3.63, 3.8) is 0 Å². The van der Waals surface area contributed by atoms with Gasteiger partial charge in [-0.05, 0) is 141 Å². The van der Waals surface area contributed by atoms with Crippen LogP contribution in [0.1, 0.15) is 40.9 Å². The van der Waals surface area contributed by atoms with E-state index in [1.807, 2.05) is 0 Å². The van der Waals surface area contributed by atoms with Crippen LogP contribution in [0.25, 0.3) is 45.3 Å². The molecule has 1 atom stereocenters. The first-order chi connectivity index (χ1) is 25.7. The standard InChI is InChI=1S/C49H40N2S/c1-35-23-29-39(30-24-35)52(38-13-3-2-4-14-38,40-31-25-36(26-32-40)50-46-19-9-5-15-42(46)43-16-6-10-20-47(43)50)41-33-27-37(28-34-41)51-48-21-11-7-17-44(48)45-18-8-12-22-49(45)51/h2-6,9-16,19-34H,7-8,17-18H2,1H3. The summed E-state index contributed by atoms with van der Waals surface area (Å²) in [6.45, 7) is 2.18. The number of para-hydroxylation sites is 2.